The molecule has 2 aromatic carbocycles. The predicted octanol–water partition coefficient (Wildman–Crippen LogP) is 2.19. The minimum Gasteiger partial charge on any atom is -0.337 e. The lowest BCUT2D eigenvalue weighted by molar-refractivity contribution is 0.0687. The van der Waals surface area contributed by atoms with Crippen LogP contribution in [0.15, 0.2) is 52.1 Å². The maximum atomic E-state index is 13.6. The van der Waals surface area contributed by atoms with Crippen molar-refractivity contribution in [3.05, 3.63) is 74.8 Å². The third-order valence-corrected chi connectivity index (χ3v) is 5.97. The molecule has 158 valence electrons. The number of likely N-dealkylation sites (tertiary alicyclic amines) is 1. The van der Waals surface area contributed by atoms with Crippen molar-refractivity contribution in [1.29, 1.82) is 0 Å². The molecule has 0 atom stereocenters. The van der Waals surface area contributed by atoms with Gasteiger partial charge >= 0.3 is 5.69 Å². The largest absolute Gasteiger partial charge is 0.337 e. The van der Waals surface area contributed by atoms with E-state index < -0.39 is 17.1 Å². The van der Waals surface area contributed by atoms with Crippen LogP contribution in [-0.2, 0) is 7.05 Å². The number of amides is 1. The van der Waals surface area contributed by atoms with Crippen LogP contribution in [-0.4, -0.2) is 43.2 Å². The number of fused-ring (bicyclic) bond motifs is 2. The zero-order chi connectivity index (χ0) is 21.7. The quantitative estimate of drug-likeness (QED) is 0.537. The number of benzene rings is 2. The number of piperidine rings is 1. The number of hydrogen-bond acceptors (Lipinski definition) is 4. The van der Waals surface area contributed by atoms with Crippen molar-refractivity contribution in [2.75, 3.05) is 13.1 Å². The van der Waals surface area contributed by atoms with E-state index in [0.717, 1.165) is 21.5 Å². The van der Waals surface area contributed by atoms with Crippen molar-refractivity contribution in [3.63, 3.8) is 0 Å². The molecule has 1 N–H and O–H groups in total. The molecular weight excluding hydrogens is 401 g/mol. The van der Waals surface area contributed by atoms with Crippen molar-refractivity contribution in [2.45, 2.75) is 18.9 Å². The summed E-state index contributed by atoms with van der Waals surface area (Å²) in [4.78, 5) is 42.9. The van der Waals surface area contributed by atoms with E-state index in [1.54, 1.807) is 16.6 Å². The number of aryl methyl sites for hydroxylation is 1. The fourth-order valence-corrected chi connectivity index (χ4v) is 4.38. The van der Waals surface area contributed by atoms with Crippen LogP contribution in [0.2, 0.25) is 0 Å². The van der Waals surface area contributed by atoms with E-state index >= 15 is 0 Å². The van der Waals surface area contributed by atoms with Crippen molar-refractivity contribution < 1.29 is 9.18 Å². The lowest BCUT2D eigenvalue weighted by Gasteiger charge is -2.32. The molecule has 1 saturated heterocycles. The molecule has 31 heavy (non-hydrogen) atoms. The fourth-order valence-electron chi connectivity index (χ4n) is 4.38. The summed E-state index contributed by atoms with van der Waals surface area (Å²) in [6, 6.07) is 10.9. The number of aromatic nitrogens is 4. The van der Waals surface area contributed by atoms with Crippen LogP contribution >= 0.6 is 0 Å². The van der Waals surface area contributed by atoms with Crippen LogP contribution in [0.4, 0.5) is 4.39 Å². The Morgan fingerprint density at radius 1 is 1.10 bits per heavy atom. The highest BCUT2D eigenvalue weighted by atomic mass is 19.1. The summed E-state index contributed by atoms with van der Waals surface area (Å²) < 4.78 is 16.4. The molecule has 0 unspecified atom stereocenters. The Morgan fingerprint density at radius 2 is 1.84 bits per heavy atom. The van der Waals surface area contributed by atoms with Gasteiger partial charge in [-0.05, 0) is 37.1 Å². The predicted molar refractivity (Wildman–Crippen MR) is 114 cm³/mol. The third-order valence-electron chi connectivity index (χ3n) is 5.97. The Hall–Kier alpha value is -3.75. The summed E-state index contributed by atoms with van der Waals surface area (Å²) in [6.07, 6.45) is 0.890. The van der Waals surface area contributed by atoms with Crippen molar-refractivity contribution >= 4 is 27.7 Å². The van der Waals surface area contributed by atoms with Gasteiger partial charge in [-0.2, -0.15) is 5.10 Å². The topological polar surface area (TPSA) is 93.0 Å². The first-order valence-electron chi connectivity index (χ1n) is 10.1. The van der Waals surface area contributed by atoms with E-state index in [-0.39, 0.29) is 17.3 Å². The smallest absolute Gasteiger partial charge is 0.329 e. The maximum Gasteiger partial charge on any atom is 0.329 e. The van der Waals surface area contributed by atoms with Gasteiger partial charge in [-0.25, -0.2) is 9.18 Å². The number of aromatic amines is 1. The van der Waals surface area contributed by atoms with Gasteiger partial charge in [-0.1, -0.05) is 18.2 Å². The van der Waals surface area contributed by atoms with E-state index in [2.05, 4.69) is 10.1 Å². The molecule has 5 rings (SSSR count). The lowest BCUT2D eigenvalue weighted by atomic mass is 10.0. The number of hydrogen-bond donors (Lipinski definition) is 1. The van der Waals surface area contributed by atoms with E-state index in [1.165, 1.54) is 12.1 Å². The van der Waals surface area contributed by atoms with Crippen molar-refractivity contribution in [1.82, 2.24) is 24.2 Å². The van der Waals surface area contributed by atoms with Gasteiger partial charge in [0.1, 0.15) is 5.82 Å². The first-order chi connectivity index (χ1) is 14.9. The highest BCUT2D eigenvalue weighted by Gasteiger charge is 2.29. The molecule has 1 fully saturated rings. The minimum absolute atomic E-state index is 0.137. The van der Waals surface area contributed by atoms with E-state index in [0.29, 0.717) is 37.1 Å². The Labute approximate surface area is 175 Å². The highest BCUT2D eigenvalue weighted by Crippen LogP contribution is 2.24. The van der Waals surface area contributed by atoms with Gasteiger partial charge in [0, 0.05) is 31.6 Å². The van der Waals surface area contributed by atoms with Gasteiger partial charge in [-0.15, -0.1) is 0 Å². The summed E-state index contributed by atoms with van der Waals surface area (Å²) in [7, 11) is 1.80. The Kier molecular flexibility index (Phi) is 4.46. The number of rotatable bonds is 2. The van der Waals surface area contributed by atoms with E-state index in [4.69, 9.17) is 0 Å². The molecule has 1 aliphatic rings. The van der Waals surface area contributed by atoms with Crippen LogP contribution < -0.4 is 11.2 Å². The van der Waals surface area contributed by atoms with Crippen LogP contribution in [0, 0.1) is 5.82 Å². The number of halogens is 1. The summed E-state index contributed by atoms with van der Waals surface area (Å²) in [6.45, 7) is 0.781. The summed E-state index contributed by atoms with van der Waals surface area (Å²) >= 11 is 0. The molecule has 1 aliphatic heterocycles. The number of para-hydroxylation sites is 1. The van der Waals surface area contributed by atoms with Gasteiger partial charge in [0.25, 0.3) is 11.5 Å². The first-order valence-corrected chi connectivity index (χ1v) is 10.1. The molecule has 1 amide bonds. The molecule has 0 bridgehead atoms. The standard InChI is InChI=1S/C22H20FN5O3/c1-26-18-5-3-2-4-15(18)19(25-26)21(30)27-10-8-14(9-11-27)28-20(29)16-12-13(23)6-7-17(16)24-22(28)31/h2-7,12,14H,8-11H2,1H3,(H,24,31). The van der Waals surface area contributed by atoms with Gasteiger partial charge < -0.3 is 9.88 Å². The van der Waals surface area contributed by atoms with Gasteiger partial charge in [0.05, 0.1) is 16.4 Å². The number of nitrogens with one attached hydrogen (secondary N) is 1. The average Bonchev–Trinajstić information content (AvgIpc) is 3.11. The van der Waals surface area contributed by atoms with Crippen LogP contribution in [0.25, 0.3) is 21.8 Å². The highest BCUT2D eigenvalue weighted by molar-refractivity contribution is 6.04. The normalized spacial score (nSPS) is 15.1. The lowest BCUT2D eigenvalue weighted by Crippen LogP contribution is -2.45. The molecule has 3 heterocycles. The monoisotopic (exact) mass is 421 g/mol. The number of nitrogens with zero attached hydrogens (tertiary/aromatic N) is 4. The molecule has 2 aromatic heterocycles. The third kappa shape index (κ3) is 3.13. The molecule has 0 aliphatic carbocycles. The Balaban J connectivity index is 1.41. The Morgan fingerprint density at radius 3 is 2.61 bits per heavy atom. The molecule has 0 radical (unpaired) electrons. The number of carbonyl (C=O) groups is 1. The average molecular weight is 421 g/mol. The van der Waals surface area contributed by atoms with Crippen molar-refractivity contribution in [2.24, 2.45) is 7.05 Å². The summed E-state index contributed by atoms with van der Waals surface area (Å²) in [5.41, 5.74) is 0.542. The Bertz CT molecular complexity index is 1440. The molecule has 4 aromatic rings. The van der Waals surface area contributed by atoms with E-state index in [9.17, 15) is 18.8 Å². The molecule has 0 saturated carbocycles. The van der Waals surface area contributed by atoms with Crippen LogP contribution in [0.3, 0.4) is 0 Å². The van der Waals surface area contributed by atoms with E-state index in [1.807, 2.05) is 24.3 Å². The maximum absolute atomic E-state index is 13.6. The second-order valence-electron chi connectivity index (χ2n) is 7.81. The number of H-pyrrole nitrogens is 1. The van der Waals surface area contributed by atoms with Gasteiger partial charge in [0.15, 0.2) is 5.69 Å². The summed E-state index contributed by atoms with van der Waals surface area (Å²) in [5, 5.41) is 5.32. The SMILES string of the molecule is Cn1nc(C(=O)N2CCC(n3c(=O)[nH]c4ccc(F)cc4c3=O)CC2)c2ccccc21. The minimum atomic E-state index is -0.536. The molecule has 8 nitrogen and oxygen atoms in total. The van der Waals surface area contributed by atoms with Crippen molar-refractivity contribution in [3.8, 4) is 0 Å². The summed E-state index contributed by atoms with van der Waals surface area (Å²) in [5.74, 6) is -0.705. The second kappa shape index (κ2) is 7.19. The van der Waals surface area contributed by atoms with Gasteiger partial charge in [0.2, 0.25) is 0 Å². The fraction of sp³-hybridized carbons (Fsp3) is 0.273. The number of carbonyl (C=O) groups excluding carboxylic acids is 1. The molecule has 0 spiro atoms. The second-order valence-corrected chi connectivity index (χ2v) is 7.81. The van der Waals surface area contributed by atoms with Gasteiger partial charge in [-0.3, -0.25) is 18.8 Å². The molecule has 9 heteroatoms. The zero-order valence-electron chi connectivity index (χ0n) is 16.8. The molecular formula is C22H20FN5O3. The van der Waals surface area contributed by atoms with Crippen LogP contribution in [0.5, 0.6) is 0 Å². The first kappa shape index (κ1) is 19.2. The van der Waals surface area contributed by atoms with Crippen LogP contribution in [0.1, 0.15) is 29.4 Å². The zero-order valence-corrected chi connectivity index (χ0v) is 16.8.